The molecule has 15 heavy (non-hydrogen) atoms. The van der Waals surface area contributed by atoms with E-state index >= 15 is 0 Å². The second-order valence-corrected chi connectivity index (χ2v) is 3.25. The molecule has 4 N–H and O–H groups in total. The van der Waals surface area contributed by atoms with Crippen molar-refractivity contribution in [3.05, 3.63) is 12.7 Å². The highest BCUT2D eigenvalue weighted by Crippen LogP contribution is 2.13. The molecule has 2 aromatic rings. The molecule has 0 bridgehead atoms. The molecule has 0 aliphatic heterocycles. The number of nitrogens with two attached hydrogens (primary N) is 1. The Kier molecular flexibility index (Phi) is 3.08. The molecule has 0 fully saturated rings. The van der Waals surface area contributed by atoms with Crippen molar-refractivity contribution < 1.29 is 0 Å². The predicted octanol–water partition coefficient (Wildman–Crippen LogP) is 0.504. The Labute approximate surface area is 87.3 Å². The highest BCUT2D eigenvalue weighted by Gasteiger charge is 2.03. The van der Waals surface area contributed by atoms with E-state index in [1.165, 1.54) is 6.33 Å². The molecule has 0 saturated carbocycles. The van der Waals surface area contributed by atoms with Crippen LogP contribution in [0.4, 0.5) is 5.82 Å². The zero-order chi connectivity index (χ0) is 10.5. The van der Waals surface area contributed by atoms with E-state index in [1.807, 2.05) is 0 Å². The van der Waals surface area contributed by atoms with Crippen LogP contribution in [0.2, 0.25) is 0 Å². The molecule has 2 heterocycles. The molecule has 0 spiro atoms. The van der Waals surface area contributed by atoms with Crippen molar-refractivity contribution in [3.63, 3.8) is 0 Å². The molecule has 0 unspecified atom stereocenters. The Morgan fingerprint density at radius 1 is 1.27 bits per heavy atom. The van der Waals surface area contributed by atoms with Gasteiger partial charge in [-0.15, -0.1) is 0 Å². The Bertz CT molecular complexity index is 423. The molecule has 80 valence electrons. The maximum absolute atomic E-state index is 5.41. The highest BCUT2D eigenvalue weighted by atomic mass is 15.1. The van der Waals surface area contributed by atoms with Gasteiger partial charge in [-0.05, 0) is 19.4 Å². The lowest BCUT2D eigenvalue weighted by Crippen LogP contribution is -2.07. The van der Waals surface area contributed by atoms with Crippen LogP contribution < -0.4 is 11.1 Å². The fourth-order valence-corrected chi connectivity index (χ4v) is 1.38. The summed E-state index contributed by atoms with van der Waals surface area (Å²) in [5.41, 5.74) is 6.95. The molecule has 2 aromatic heterocycles. The van der Waals surface area contributed by atoms with Crippen LogP contribution in [0.3, 0.4) is 0 Å². The van der Waals surface area contributed by atoms with Crippen molar-refractivity contribution in [2.75, 3.05) is 18.4 Å². The van der Waals surface area contributed by atoms with E-state index in [1.54, 1.807) is 6.33 Å². The molecule has 0 atom stereocenters. The van der Waals surface area contributed by atoms with Crippen LogP contribution in [0.15, 0.2) is 12.7 Å². The lowest BCUT2D eigenvalue weighted by molar-refractivity contribution is 0.772. The average molecular weight is 206 g/mol. The van der Waals surface area contributed by atoms with E-state index < -0.39 is 0 Å². The zero-order valence-electron chi connectivity index (χ0n) is 8.40. The van der Waals surface area contributed by atoms with E-state index in [2.05, 4.69) is 25.3 Å². The summed E-state index contributed by atoms with van der Waals surface area (Å²) in [6, 6.07) is 0. The fraction of sp³-hybridized carbons (Fsp3) is 0.444. The topological polar surface area (TPSA) is 92.5 Å². The van der Waals surface area contributed by atoms with Crippen LogP contribution in [0, 0.1) is 0 Å². The third-order valence-corrected chi connectivity index (χ3v) is 2.15. The first-order valence-electron chi connectivity index (χ1n) is 5.00. The molecular weight excluding hydrogens is 192 g/mol. The lowest BCUT2D eigenvalue weighted by atomic mass is 10.3. The summed E-state index contributed by atoms with van der Waals surface area (Å²) in [4.78, 5) is 15.2. The number of unbranched alkanes of at least 4 members (excludes halogenated alkanes) is 1. The van der Waals surface area contributed by atoms with Crippen LogP contribution >= 0.6 is 0 Å². The standard InChI is InChI=1S/C9H14N6/c10-3-1-2-4-11-8-7-9(13-5-12-7)15-6-14-8/h5-6H,1-4,10H2,(H2,11,12,13,14,15). The Morgan fingerprint density at radius 3 is 3.07 bits per heavy atom. The maximum atomic E-state index is 5.41. The van der Waals surface area contributed by atoms with Gasteiger partial charge < -0.3 is 16.0 Å². The summed E-state index contributed by atoms with van der Waals surface area (Å²) in [6.07, 6.45) is 5.18. The highest BCUT2D eigenvalue weighted by molar-refractivity contribution is 5.81. The van der Waals surface area contributed by atoms with Crippen LogP contribution in [-0.4, -0.2) is 33.0 Å². The van der Waals surface area contributed by atoms with Crippen LogP contribution in [-0.2, 0) is 0 Å². The van der Waals surface area contributed by atoms with Gasteiger partial charge in [0, 0.05) is 6.54 Å². The number of nitrogens with zero attached hydrogens (tertiary/aromatic N) is 3. The third-order valence-electron chi connectivity index (χ3n) is 2.15. The minimum atomic E-state index is 0.686. The van der Waals surface area contributed by atoms with E-state index in [0.717, 1.165) is 37.3 Å². The van der Waals surface area contributed by atoms with Gasteiger partial charge in [-0.2, -0.15) is 0 Å². The van der Waals surface area contributed by atoms with Crippen LogP contribution in [0.25, 0.3) is 11.2 Å². The largest absolute Gasteiger partial charge is 0.368 e. The molecule has 6 nitrogen and oxygen atoms in total. The number of rotatable bonds is 5. The van der Waals surface area contributed by atoms with Crippen molar-refractivity contribution in [1.82, 2.24) is 19.9 Å². The normalized spacial score (nSPS) is 10.7. The summed E-state index contributed by atoms with van der Waals surface area (Å²) in [5, 5.41) is 3.23. The monoisotopic (exact) mass is 206 g/mol. The van der Waals surface area contributed by atoms with Gasteiger partial charge in [0.25, 0.3) is 0 Å². The third kappa shape index (κ3) is 2.21. The second kappa shape index (κ2) is 4.70. The fourth-order valence-electron chi connectivity index (χ4n) is 1.38. The van der Waals surface area contributed by atoms with Gasteiger partial charge in [0.15, 0.2) is 11.5 Å². The number of hydrogen-bond acceptors (Lipinski definition) is 5. The summed E-state index contributed by atoms with van der Waals surface area (Å²) in [7, 11) is 0. The molecule has 2 rings (SSSR count). The molecule has 0 aliphatic carbocycles. The molecule has 0 radical (unpaired) electrons. The molecule has 0 aliphatic rings. The number of hydrogen-bond donors (Lipinski definition) is 3. The SMILES string of the molecule is NCCCCNc1ncnc2nc[nH]c12. The molecule has 6 heteroatoms. The summed E-state index contributed by atoms with van der Waals surface area (Å²) >= 11 is 0. The minimum Gasteiger partial charge on any atom is -0.368 e. The van der Waals surface area contributed by atoms with Gasteiger partial charge in [0.2, 0.25) is 0 Å². The number of fused-ring (bicyclic) bond motifs is 1. The van der Waals surface area contributed by atoms with E-state index in [-0.39, 0.29) is 0 Å². The number of aromatic nitrogens is 4. The van der Waals surface area contributed by atoms with Gasteiger partial charge in [0.05, 0.1) is 6.33 Å². The molecular formula is C9H14N6. The van der Waals surface area contributed by atoms with Gasteiger partial charge >= 0.3 is 0 Å². The predicted molar refractivity (Wildman–Crippen MR) is 58.5 cm³/mol. The van der Waals surface area contributed by atoms with Crippen molar-refractivity contribution in [2.45, 2.75) is 12.8 Å². The number of aromatic amines is 1. The second-order valence-electron chi connectivity index (χ2n) is 3.25. The van der Waals surface area contributed by atoms with Crippen LogP contribution in [0.1, 0.15) is 12.8 Å². The van der Waals surface area contributed by atoms with E-state index in [0.29, 0.717) is 5.65 Å². The van der Waals surface area contributed by atoms with Gasteiger partial charge in [-0.3, -0.25) is 0 Å². The summed E-state index contributed by atoms with van der Waals surface area (Å²) in [6.45, 7) is 1.59. The lowest BCUT2D eigenvalue weighted by Gasteiger charge is -2.04. The average Bonchev–Trinajstić information content (AvgIpc) is 2.73. The van der Waals surface area contributed by atoms with E-state index in [4.69, 9.17) is 5.73 Å². The Morgan fingerprint density at radius 2 is 2.20 bits per heavy atom. The van der Waals surface area contributed by atoms with Gasteiger partial charge in [-0.1, -0.05) is 0 Å². The molecule has 0 saturated heterocycles. The summed E-state index contributed by atoms with van der Waals surface area (Å²) < 4.78 is 0. The first-order valence-corrected chi connectivity index (χ1v) is 5.00. The first kappa shape index (κ1) is 9.85. The molecule has 0 aromatic carbocycles. The zero-order valence-corrected chi connectivity index (χ0v) is 8.40. The number of anilines is 1. The summed E-state index contributed by atoms with van der Waals surface area (Å²) in [5.74, 6) is 0.800. The maximum Gasteiger partial charge on any atom is 0.182 e. The Hall–Kier alpha value is -1.69. The van der Waals surface area contributed by atoms with Crippen molar-refractivity contribution in [2.24, 2.45) is 5.73 Å². The molecule has 0 amide bonds. The van der Waals surface area contributed by atoms with Crippen molar-refractivity contribution in [3.8, 4) is 0 Å². The van der Waals surface area contributed by atoms with Crippen molar-refractivity contribution in [1.29, 1.82) is 0 Å². The number of imidazole rings is 1. The van der Waals surface area contributed by atoms with Gasteiger partial charge in [0.1, 0.15) is 11.8 Å². The van der Waals surface area contributed by atoms with Crippen molar-refractivity contribution >= 4 is 17.0 Å². The van der Waals surface area contributed by atoms with E-state index in [9.17, 15) is 0 Å². The Balaban J connectivity index is 2.04. The quantitative estimate of drug-likeness (QED) is 0.620. The number of H-pyrrole nitrogens is 1. The van der Waals surface area contributed by atoms with Gasteiger partial charge in [-0.25, -0.2) is 15.0 Å². The number of nitrogens with one attached hydrogen (secondary N) is 2. The minimum absolute atomic E-state index is 0.686. The first-order chi connectivity index (χ1) is 7.42. The smallest absolute Gasteiger partial charge is 0.182 e. The van der Waals surface area contributed by atoms with Crippen LogP contribution in [0.5, 0.6) is 0 Å².